The second-order valence-electron chi connectivity index (χ2n) is 7.17. The van der Waals surface area contributed by atoms with Crippen molar-refractivity contribution in [3.63, 3.8) is 0 Å². The molecule has 3 aromatic rings. The lowest BCUT2D eigenvalue weighted by molar-refractivity contribution is -0.0532. The van der Waals surface area contributed by atoms with Gasteiger partial charge in [0.15, 0.2) is 17.8 Å². The summed E-state index contributed by atoms with van der Waals surface area (Å²) in [5, 5.41) is 13.6. The molecule has 174 valence electrons. The Morgan fingerprint density at radius 3 is 2.76 bits per heavy atom. The maximum Gasteiger partial charge on any atom is 0.270 e. The van der Waals surface area contributed by atoms with Crippen molar-refractivity contribution in [2.45, 2.75) is 12.7 Å². The van der Waals surface area contributed by atoms with Gasteiger partial charge in [-0.3, -0.25) is 9.78 Å². The average molecular weight is 461 g/mol. The number of H-pyrrole nitrogens is 1. The van der Waals surface area contributed by atoms with Gasteiger partial charge < -0.3 is 18.9 Å². The molecule has 2 heterocycles. The monoisotopic (exact) mass is 461 g/mol. The number of methoxy groups -OCH3 is 1. The van der Waals surface area contributed by atoms with Crippen LogP contribution in [0.15, 0.2) is 58.4 Å². The van der Waals surface area contributed by atoms with E-state index in [2.05, 4.69) is 20.5 Å². The number of nitrogens with zero attached hydrogens (tertiary/aromatic N) is 3. The topological polar surface area (TPSA) is 131 Å². The molecule has 1 saturated heterocycles. The molecule has 4 rings (SSSR count). The zero-order valence-corrected chi connectivity index (χ0v) is 18.5. The van der Waals surface area contributed by atoms with Crippen LogP contribution >= 0.6 is 0 Å². The van der Waals surface area contributed by atoms with E-state index >= 15 is 0 Å². The smallest absolute Gasteiger partial charge is 0.270 e. The van der Waals surface area contributed by atoms with E-state index in [1.54, 1.807) is 37.4 Å². The number of para-hydroxylation sites is 1. The highest BCUT2D eigenvalue weighted by Gasteiger charge is 2.17. The van der Waals surface area contributed by atoms with Gasteiger partial charge in [0.1, 0.15) is 11.6 Å². The zero-order chi connectivity index (χ0) is 23.8. The van der Waals surface area contributed by atoms with Crippen LogP contribution in [0.3, 0.4) is 0 Å². The van der Waals surface area contributed by atoms with Crippen LogP contribution in [0.1, 0.15) is 17.5 Å². The highest BCUT2D eigenvalue weighted by Crippen LogP contribution is 2.30. The number of aromatic amines is 1. The number of nitriles is 1. The van der Waals surface area contributed by atoms with Crippen LogP contribution in [0.25, 0.3) is 11.3 Å². The number of nitrogens with one attached hydrogen (secondary N) is 2. The summed E-state index contributed by atoms with van der Waals surface area (Å²) in [5.74, 6) is 1.16. The van der Waals surface area contributed by atoms with Crippen LogP contribution in [0, 0.1) is 11.3 Å². The second-order valence-corrected chi connectivity index (χ2v) is 7.17. The maximum atomic E-state index is 12.4. The summed E-state index contributed by atoms with van der Waals surface area (Å²) in [6.45, 7) is 1.53. The van der Waals surface area contributed by atoms with E-state index in [-0.39, 0.29) is 23.5 Å². The summed E-state index contributed by atoms with van der Waals surface area (Å²) in [7, 11) is 1.56. The molecular weight excluding hydrogens is 438 g/mol. The van der Waals surface area contributed by atoms with E-state index in [1.807, 2.05) is 24.3 Å². The molecule has 10 heteroatoms. The van der Waals surface area contributed by atoms with Gasteiger partial charge in [-0.15, -0.1) is 0 Å². The van der Waals surface area contributed by atoms with Gasteiger partial charge in [-0.25, -0.2) is 10.4 Å². The molecule has 10 nitrogen and oxygen atoms in total. The number of hydrogen-bond acceptors (Lipinski definition) is 9. The molecule has 0 amide bonds. The molecular formula is C24H23N5O5. The van der Waals surface area contributed by atoms with Crippen molar-refractivity contribution in [2.75, 3.05) is 32.4 Å². The number of hydrazone groups is 1. The van der Waals surface area contributed by atoms with Gasteiger partial charge in [-0.05, 0) is 12.1 Å². The zero-order valence-electron chi connectivity index (χ0n) is 18.5. The third-order valence-corrected chi connectivity index (χ3v) is 4.97. The third kappa shape index (κ3) is 5.40. The molecule has 2 aromatic carbocycles. The summed E-state index contributed by atoms with van der Waals surface area (Å²) >= 11 is 0. The Balaban J connectivity index is 1.52. The normalized spacial score (nSPS) is 13.6. The van der Waals surface area contributed by atoms with Crippen LogP contribution in [0.2, 0.25) is 0 Å². The highest BCUT2D eigenvalue weighted by molar-refractivity contribution is 5.85. The van der Waals surface area contributed by atoms with Crippen molar-refractivity contribution in [3.8, 4) is 28.8 Å². The Kier molecular flexibility index (Phi) is 7.49. The van der Waals surface area contributed by atoms with E-state index < -0.39 is 5.56 Å². The molecule has 2 N–H and O–H groups in total. The fourth-order valence-corrected chi connectivity index (χ4v) is 3.38. The van der Waals surface area contributed by atoms with Crippen molar-refractivity contribution < 1.29 is 18.9 Å². The first-order valence-electron chi connectivity index (χ1n) is 10.6. The molecule has 1 aliphatic rings. The van der Waals surface area contributed by atoms with E-state index in [9.17, 15) is 10.1 Å². The van der Waals surface area contributed by atoms with Crippen LogP contribution in [0.4, 0.5) is 5.95 Å². The van der Waals surface area contributed by atoms with Crippen LogP contribution in [-0.4, -0.2) is 49.4 Å². The molecule has 0 radical (unpaired) electrons. The first-order valence-corrected chi connectivity index (χ1v) is 10.6. The minimum absolute atomic E-state index is 0.0700. The van der Waals surface area contributed by atoms with Crippen molar-refractivity contribution >= 4 is 12.2 Å². The van der Waals surface area contributed by atoms with Crippen molar-refractivity contribution in [2.24, 2.45) is 5.10 Å². The van der Waals surface area contributed by atoms with Crippen LogP contribution < -0.4 is 20.5 Å². The third-order valence-electron chi connectivity index (χ3n) is 4.97. The predicted octanol–water partition coefficient (Wildman–Crippen LogP) is 2.90. The van der Waals surface area contributed by atoms with Gasteiger partial charge in [0.05, 0.1) is 38.8 Å². The molecule has 1 aliphatic heterocycles. The van der Waals surface area contributed by atoms with Gasteiger partial charge in [0, 0.05) is 17.5 Å². The number of aromatic nitrogens is 2. The fraction of sp³-hybridized carbons (Fsp3) is 0.250. The van der Waals surface area contributed by atoms with E-state index in [4.69, 9.17) is 18.9 Å². The van der Waals surface area contributed by atoms with Crippen molar-refractivity contribution in [1.29, 1.82) is 5.26 Å². The Bertz CT molecular complexity index is 1250. The van der Waals surface area contributed by atoms with Gasteiger partial charge in [0.25, 0.3) is 5.56 Å². The average Bonchev–Trinajstić information content (AvgIpc) is 3.38. The molecule has 0 saturated carbocycles. The second kappa shape index (κ2) is 11.1. The molecule has 34 heavy (non-hydrogen) atoms. The standard InChI is InChI=1S/C24H23N5O5/c1-31-19-9-5-8-17(22(19)34-11-10-20-32-12-13-33-20)15-26-29-24-27-21(16-6-3-2-4-7-16)18(14-25)23(30)28-24/h2-9,15,20H,10-13H2,1H3,(H2,27,28,29,30). The van der Waals surface area contributed by atoms with E-state index in [0.29, 0.717) is 48.9 Å². The van der Waals surface area contributed by atoms with Crippen LogP contribution in [0.5, 0.6) is 11.5 Å². The minimum atomic E-state index is -0.559. The number of benzene rings is 2. The van der Waals surface area contributed by atoms with Gasteiger partial charge in [-0.1, -0.05) is 36.4 Å². The number of ether oxygens (including phenoxy) is 4. The highest BCUT2D eigenvalue weighted by atomic mass is 16.7. The summed E-state index contributed by atoms with van der Waals surface area (Å²) in [4.78, 5) is 19.3. The molecule has 1 aromatic heterocycles. The minimum Gasteiger partial charge on any atom is -0.493 e. The Labute approximate surface area is 195 Å². The molecule has 0 aliphatic carbocycles. The summed E-state index contributed by atoms with van der Waals surface area (Å²) in [5.41, 5.74) is 3.66. The maximum absolute atomic E-state index is 12.4. The van der Waals surface area contributed by atoms with E-state index in [1.165, 1.54) is 6.21 Å². The molecule has 0 spiro atoms. The molecule has 0 bridgehead atoms. The van der Waals surface area contributed by atoms with Crippen LogP contribution in [-0.2, 0) is 9.47 Å². The molecule has 0 atom stereocenters. The summed E-state index contributed by atoms with van der Waals surface area (Å²) < 4.78 is 22.2. The summed E-state index contributed by atoms with van der Waals surface area (Å²) in [6, 6.07) is 16.3. The number of anilines is 1. The first kappa shape index (κ1) is 23.0. The SMILES string of the molecule is COc1cccc(C=NNc2nc(-c3ccccc3)c(C#N)c(=O)[nH]2)c1OCCC1OCCO1. The predicted molar refractivity (Wildman–Crippen MR) is 125 cm³/mol. The molecule has 0 unspecified atom stereocenters. The summed E-state index contributed by atoms with van der Waals surface area (Å²) in [6.07, 6.45) is 1.83. The Hall–Kier alpha value is -4.20. The number of rotatable bonds is 9. The first-order chi connectivity index (χ1) is 16.7. The van der Waals surface area contributed by atoms with Crippen molar-refractivity contribution in [3.05, 3.63) is 70.0 Å². The Morgan fingerprint density at radius 2 is 2.03 bits per heavy atom. The van der Waals surface area contributed by atoms with Gasteiger partial charge in [-0.2, -0.15) is 10.4 Å². The van der Waals surface area contributed by atoms with Crippen molar-refractivity contribution in [1.82, 2.24) is 9.97 Å². The van der Waals surface area contributed by atoms with Gasteiger partial charge >= 0.3 is 0 Å². The lowest BCUT2D eigenvalue weighted by Crippen LogP contribution is -2.16. The lowest BCUT2D eigenvalue weighted by Gasteiger charge is -2.14. The largest absolute Gasteiger partial charge is 0.493 e. The number of hydrogen-bond donors (Lipinski definition) is 2. The quantitative estimate of drug-likeness (QED) is 0.367. The fourth-order valence-electron chi connectivity index (χ4n) is 3.38. The Morgan fingerprint density at radius 1 is 1.24 bits per heavy atom. The van der Waals surface area contributed by atoms with E-state index in [0.717, 1.165) is 0 Å². The molecule has 1 fully saturated rings. The lowest BCUT2D eigenvalue weighted by atomic mass is 10.1. The van der Waals surface area contributed by atoms with Gasteiger partial charge in [0.2, 0.25) is 5.95 Å².